The molecule has 5 N–H and O–H groups in total. The Morgan fingerprint density at radius 2 is 0.933 bits per heavy atom. The number of carbonyl (C=O) groups excluding carboxylic acids is 13. The fourth-order valence-corrected chi connectivity index (χ4v) is 10.2. The molecule has 0 saturated carbocycles. The number of likely N-dealkylation sites (N-methyl/N-ethyl adjacent to an activating group) is 1. The average Bonchev–Trinajstić information content (AvgIpc) is 0.835. The Morgan fingerprint density at radius 1 is 0.546 bits per heavy atom. The molecule has 32 heteroatoms. The summed E-state index contributed by atoms with van der Waals surface area (Å²) in [5, 5.41) is 32.9. The van der Waals surface area contributed by atoms with E-state index in [2.05, 4.69) is 89.5 Å². The predicted octanol–water partition coefficient (Wildman–Crippen LogP) is 10.1. The SMILES string of the molecule is C=C(CBr)C(=O)N(C)C(CC(C)C)C(=O)CCC(=O)OCC.C=C(CBr)C(=O)NC(CC(C)C)C(=O)CCC(=O)OCC.C=C(CBr)C(=O)O.C=C(COC(=O)c1c(C)cccc1C)C(=O)NC(CC(C)C)C(=O)CCC(=O)OCC.CC(C)CC=O.CCOC(=O)CC#N.COc1ccc(CN)c(OC)c1.Cc1cccc(C)c1C(=O)[O-].[Cs+]. The van der Waals surface area contributed by atoms with Crippen LogP contribution < -0.4 is 99.8 Å². The first-order valence-electron chi connectivity index (χ1n) is 38.3. The number of aliphatic carboxylic acids is 1. The Balaban J connectivity index is -0.000000324. The maximum atomic E-state index is 12.5. The number of ether oxygens (including phenoxy) is 7. The third-order valence-electron chi connectivity index (χ3n) is 15.6. The molecule has 0 radical (unpaired) electrons. The number of amides is 3. The van der Waals surface area contributed by atoms with Gasteiger partial charge in [-0.05, 0) is 127 Å². The van der Waals surface area contributed by atoms with Gasteiger partial charge >= 0.3 is 105 Å². The van der Waals surface area contributed by atoms with Gasteiger partial charge in [-0.25, -0.2) is 9.59 Å². The standard InChI is InChI=1S/C24H33NO6.C16H26BrNO4.C15H24BrNO4.C9H13NO2.C9H10O2.C5H7NO2.C5H10O.C4H5BrO2.Cs/c1-7-30-21(27)12-11-20(26)19(13-15(2)3)25-23(28)18(6)14-31-24(29)22-16(4)9-8-10-17(22)5;1-6-22-15(20)8-7-14(19)13(9-11(2)3)18(5)16(21)12(4)10-17;1-5-21-14(19)7-6-13(18)12(8-10(2)3)17-15(20)11(4)9-16;1-11-8-4-3-7(6-10)9(5-8)12-2;1-6-4-3-5-7(2)8(6)9(10)11;1-2-8-5(7)3-4-6;1-5(2)3-4-6;1-3(2-5)4(6)7;/h8-10,15,19H,6-7,11-14H2,1-5H3,(H,25,28);11,13H,4,6-10H2,1-3,5H3;10,12H,4-9H2,1-3H3,(H,17,20);3-5H,6,10H2,1-2H3;3-5H,1-2H3,(H,10,11);2-3H2,1H3;4-5H,3H2,1-2H3;1-2H2,(H,6,7);/q;;;;;;;;+1/p-1. The summed E-state index contributed by atoms with van der Waals surface area (Å²) in [6.07, 6.45) is 3.17. The molecule has 0 aliphatic rings. The van der Waals surface area contributed by atoms with Crippen molar-refractivity contribution in [2.24, 2.45) is 29.4 Å². The van der Waals surface area contributed by atoms with E-state index in [-0.39, 0.29) is 185 Å². The maximum Gasteiger partial charge on any atom is 1.00 e. The average molecular weight is 1980 g/mol. The molecule has 3 unspecified atom stereocenters. The number of ketones is 3. The van der Waals surface area contributed by atoms with Crippen LogP contribution in [0.5, 0.6) is 11.5 Å². The van der Waals surface area contributed by atoms with E-state index in [1.165, 1.54) is 4.90 Å². The zero-order chi connectivity index (χ0) is 91.9. The summed E-state index contributed by atoms with van der Waals surface area (Å²) in [6, 6.07) is 16.2. The Labute approximate surface area is 788 Å². The fraction of sp³-hybridized carbons (Fsp3) is 0.529. The van der Waals surface area contributed by atoms with Gasteiger partial charge in [0.25, 0.3) is 5.91 Å². The fourth-order valence-electron chi connectivity index (χ4n) is 9.47. The molecule has 3 aromatic carbocycles. The molecule has 0 bridgehead atoms. The number of carbonyl (C=O) groups is 14. The van der Waals surface area contributed by atoms with Gasteiger partial charge in [-0.2, -0.15) is 5.26 Å². The molecular weight excluding hydrogens is 1860 g/mol. The van der Waals surface area contributed by atoms with Crippen molar-refractivity contribution < 1.29 is 179 Å². The van der Waals surface area contributed by atoms with Crippen molar-refractivity contribution in [2.45, 2.75) is 206 Å². The van der Waals surface area contributed by atoms with Gasteiger partial charge in [0.2, 0.25) is 11.8 Å². The van der Waals surface area contributed by atoms with Gasteiger partial charge in [-0.1, -0.05) is 172 Å². The number of halogens is 3. The van der Waals surface area contributed by atoms with Crippen molar-refractivity contribution in [3.63, 3.8) is 0 Å². The van der Waals surface area contributed by atoms with E-state index < -0.39 is 65.8 Å². The number of methoxy groups -OCH3 is 2. The summed E-state index contributed by atoms with van der Waals surface area (Å²) in [5.74, 6) is -3.24. The normalized spacial score (nSPS) is 10.6. The third-order valence-corrected chi connectivity index (χ3v) is 17.6. The number of aldehydes is 1. The molecule has 660 valence electrons. The molecular formula is C87H127Br3CsN5O23. The number of carboxylic acid groups (broad SMARTS) is 2. The van der Waals surface area contributed by atoms with Crippen molar-refractivity contribution in [2.75, 3.05) is 70.3 Å². The monoisotopic (exact) mass is 1980 g/mol. The minimum atomic E-state index is -1.10. The van der Waals surface area contributed by atoms with Gasteiger partial charge in [0, 0.05) is 94.8 Å². The van der Waals surface area contributed by atoms with Crippen LogP contribution in [-0.4, -0.2) is 182 Å². The van der Waals surface area contributed by atoms with Crippen molar-refractivity contribution >= 4 is 131 Å². The second kappa shape index (κ2) is 73.3. The van der Waals surface area contributed by atoms with Crippen LogP contribution in [0.3, 0.4) is 0 Å². The molecule has 119 heavy (non-hydrogen) atoms. The largest absolute Gasteiger partial charge is 1.00 e. The molecule has 0 heterocycles. The van der Waals surface area contributed by atoms with Gasteiger partial charge in [0.05, 0.1) is 95.6 Å². The number of rotatable bonds is 42. The quantitative estimate of drug-likeness (QED) is 0.0135. The summed E-state index contributed by atoms with van der Waals surface area (Å²) in [4.78, 5) is 162. The van der Waals surface area contributed by atoms with Crippen LogP contribution in [0.2, 0.25) is 0 Å². The number of carboxylic acids is 2. The van der Waals surface area contributed by atoms with Gasteiger partial charge < -0.3 is 74.2 Å². The van der Waals surface area contributed by atoms with E-state index in [0.717, 1.165) is 45.6 Å². The smallest absolute Gasteiger partial charge is 0.545 e. The maximum absolute atomic E-state index is 12.5. The van der Waals surface area contributed by atoms with Crippen LogP contribution in [-0.2, 0) is 87.8 Å². The van der Waals surface area contributed by atoms with E-state index in [9.17, 15) is 72.2 Å². The summed E-state index contributed by atoms with van der Waals surface area (Å²) in [5.41, 5.74) is 11.3. The van der Waals surface area contributed by atoms with Crippen molar-refractivity contribution in [3.05, 3.63) is 142 Å². The van der Waals surface area contributed by atoms with E-state index >= 15 is 0 Å². The number of hydrogen-bond acceptors (Lipinski definition) is 24. The second-order valence-corrected chi connectivity index (χ2v) is 29.2. The number of nitrogens with two attached hydrogens (primary N) is 1. The Hall–Kier alpha value is -7.46. The van der Waals surface area contributed by atoms with Crippen LogP contribution in [0.4, 0.5) is 0 Å². The Kier molecular flexibility index (Phi) is 75.3. The molecule has 3 amide bonds. The zero-order valence-corrected chi connectivity index (χ0v) is 84.4. The molecule has 3 aromatic rings. The van der Waals surface area contributed by atoms with Crippen LogP contribution in [0.15, 0.2) is 103 Å². The molecule has 0 aliphatic heterocycles. The van der Waals surface area contributed by atoms with Gasteiger partial charge in [0.1, 0.15) is 30.8 Å². The molecule has 0 aromatic heterocycles. The molecule has 0 spiro atoms. The molecule has 3 rings (SSSR count). The summed E-state index contributed by atoms with van der Waals surface area (Å²) in [6.45, 7) is 45.4. The number of aryl methyl sites for hydroxylation is 4. The minimum absolute atomic E-state index is 0. The summed E-state index contributed by atoms with van der Waals surface area (Å²) in [7, 11) is 4.84. The number of aromatic carboxylic acids is 1. The van der Waals surface area contributed by atoms with Crippen molar-refractivity contribution in [3.8, 4) is 17.6 Å². The second-order valence-electron chi connectivity index (χ2n) is 27.5. The van der Waals surface area contributed by atoms with Crippen LogP contribution >= 0.6 is 47.8 Å². The number of alkyl halides is 3. The van der Waals surface area contributed by atoms with Crippen molar-refractivity contribution in [1.29, 1.82) is 5.26 Å². The van der Waals surface area contributed by atoms with E-state index in [4.69, 9.17) is 44.5 Å². The summed E-state index contributed by atoms with van der Waals surface area (Å²) < 4.78 is 34.3. The minimum Gasteiger partial charge on any atom is -0.545 e. The molecule has 0 saturated heterocycles. The number of Topliss-reactive ketones (excluding diaryl/α,β-unsaturated/α-hetero) is 3. The number of esters is 5. The zero-order valence-electron chi connectivity index (χ0n) is 73.3. The number of nitrogens with zero attached hydrogens (tertiary/aromatic N) is 2. The first-order chi connectivity index (χ1) is 55.3. The summed E-state index contributed by atoms with van der Waals surface area (Å²) >= 11 is 9.28. The topological polar surface area (TPSA) is 424 Å². The first kappa shape index (κ1) is 122. The predicted molar refractivity (Wildman–Crippen MR) is 463 cm³/mol. The van der Waals surface area contributed by atoms with E-state index in [1.807, 2.05) is 112 Å². The van der Waals surface area contributed by atoms with Crippen molar-refractivity contribution in [1.82, 2.24) is 15.5 Å². The Bertz CT molecular complexity index is 3720. The van der Waals surface area contributed by atoms with Gasteiger partial charge in [-0.15, -0.1) is 0 Å². The molecule has 0 fully saturated rings. The van der Waals surface area contributed by atoms with Gasteiger partial charge in [0.15, 0.2) is 17.3 Å². The third kappa shape index (κ3) is 59.8. The van der Waals surface area contributed by atoms with Crippen LogP contribution in [0.25, 0.3) is 0 Å². The number of benzene rings is 3. The Morgan fingerprint density at radius 3 is 1.24 bits per heavy atom. The van der Waals surface area contributed by atoms with E-state index in [1.54, 1.807) is 81.0 Å². The first-order valence-corrected chi connectivity index (χ1v) is 41.6. The number of nitrogens with one attached hydrogen (secondary N) is 2. The van der Waals surface area contributed by atoms with Crippen LogP contribution in [0, 0.1) is 62.7 Å². The number of nitriles is 1. The number of hydrogen-bond donors (Lipinski definition) is 4. The van der Waals surface area contributed by atoms with Crippen LogP contribution in [0.1, 0.15) is 202 Å². The molecule has 28 nitrogen and oxygen atoms in total. The molecule has 0 aliphatic carbocycles. The van der Waals surface area contributed by atoms with Gasteiger partial charge in [-0.3, -0.25) is 47.9 Å². The molecule has 3 atom stereocenters. The van der Waals surface area contributed by atoms with E-state index in [0.29, 0.717) is 96.2 Å².